The molecule has 1 fully saturated rings. The summed E-state index contributed by atoms with van der Waals surface area (Å²) >= 11 is 0. The molecular weight excluding hydrogens is 254 g/mol. The molecule has 1 aliphatic rings. The zero-order chi connectivity index (χ0) is 14.0. The summed E-state index contributed by atoms with van der Waals surface area (Å²) in [5.74, 6) is 2.33. The predicted molar refractivity (Wildman–Crippen MR) is 74.9 cm³/mol. The van der Waals surface area contributed by atoms with Crippen molar-refractivity contribution in [1.82, 2.24) is 15.5 Å². The first-order valence-corrected chi connectivity index (χ1v) is 6.86. The first kappa shape index (κ1) is 13.1. The number of rotatable bonds is 4. The smallest absolute Gasteiger partial charge is 0.233 e. The summed E-state index contributed by atoms with van der Waals surface area (Å²) in [7, 11) is 1.66. The van der Waals surface area contributed by atoms with Gasteiger partial charge in [-0.1, -0.05) is 17.3 Å². The molecule has 0 amide bonds. The predicted octanol–water partition coefficient (Wildman–Crippen LogP) is 1.92. The van der Waals surface area contributed by atoms with E-state index in [1.807, 2.05) is 24.3 Å². The third-order valence-corrected chi connectivity index (χ3v) is 3.87. The first-order chi connectivity index (χ1) is 9.69. The lowest BCUT2D eigenvalue weighted by atomic mass is 9.90. The van der Waals surface area contributed by atoms with Gasteiger partial charge >= 0.3 is 0 Å². The minimum absolute atomic E-state index is 0.0227. The maximum atomic E-state index is 5.44. The van der Waals surface area contributed by atoms with Gasteiger partial charge in [-0.15, -0.1) is 0 Å². The number of nitrogens with one attached hydrogen (secondary N) is 1. The van der Waals surface area contributed by atoms with Crippen LogP contribution < -0.4 is 10.1 Å². The Morgan fingerprint density at radius 2 is 2.15 bits per heavy atom. The Morgan fingerprint density at radius 1 is 1.35 bits per heavy atom. The Bertz CT molecular complexity index is 571. The summed E-state index contributed by atoms with van der Waals surface area (Å²) in [4.78, 5) is 4.55. The molecule has 3 rings (SSSR count). The fourth-order valence-corrected chi connectivity index (χ4v) is 2.50. The van der Waals surface area contributed by atoms with E-state index in [0.29, 0.717) is 6.42 Å². The minimum Gasteiger partial charge on any atom is -0.497 e. The molecule has 2 aromatic rings. The Hall–Kier alpha value is -1.88. The topological polar surface area (TPSA) is 60.2 Å². The van der Waals surface area contributed by atoms with Gasteiger partial charge in [-0.25, -0.2) is 0 Å². The third-order valence-electron chi connectivity index (χ3n) is 3.87. The summed E-state index contributed by atoms with van der Waals surface area (Å²) in [6.45, 7) is 4.07. The largest absolute Gasteiger partial charge is 0.497 e. The number of aromatic nitrogens is 2. The molecule has 5 heteroatoms. The van der Waals surface area contributed by atoms with Crippen LogP contribution in [0.1, 0.15) is 30.6 Å². The molecule has 2 heterocycles. The molecule has 1 saturated heterocycles. The Morgan fingerprint density at radius 3 is 2.80 bits per heavy atom. The molecule has 0 radical (unpaired) electrons. The average Bonchev–Trinajstić information content (AvgIpc) is 3.10. The maximum absolute atomic E-state index is 5.44. The Balaban J connectivity index is 1.73. The van der Waals surface area contributed by atoms with Crippen LogP contribution in [-0.2, 0) is 11.8 Å². The molecule has 1 aromatic carbocycles. The minimum atomic E-state index is -0.0227. The van der Waals surface area contributed by atoms with Crippen molar-refractivity contribution in [2.24, 2.45) is 0 Å². The van der Waals surface area contributed by atoms with E-state index in [-0.39, 0.29) is 5.41 Å². The van der Waals surface area contributed by atoms with Gasteiger partial charge < -0.3 is 14.6 Å². The van der Waals surface area contributed by atoms with Gasteiger partial charge in [-0.05, 0) is 37.6 Å². The molecule has 0 spiro atoms. The Kier molecular flexibility index (Phi) is 3.44. The van der Waals surface area contributed by atoms with Crippen molar-refractivity contribution in [3.8, 4) is 5.75 Å². The highest BCUT2D eigenvalue weighted by Gasteiger charge is 2.36. The van der Waals surface area contributed by atoms with E-state index in [0.717, 1.165) is 42.5 Å². The maximum Gasteiger partial charge on any atom is 0.233 e. The number of ether oxygens (including phenoxy) is 1. The molecule has 1 N–H and O–H groups in total. The lowest BCUT2D eigenvalue weighted by Gasteiger charge is -2.15. The number of benzene rings is 1. The summed E-state index contributed by atoms with van der Waals surface area (Å²) < 4.78 is 10.6. The fourth-order valence-electron chi connectivity index (χ4n) is 2.50. The van der Waals surface area contributed by atoms with Crippen molar-refractivity contribution in [2.75, 3.05) is 20.2 Å². The number of nitrogens with zero attached hydrogens (tertiary/aromatic N) is 2. The molecule has 20 heavy (non-hydrogen) atoms. The van der Waals surface area contributed by atoms with Crippen LogP contribution in [0.5, 0.6) is 5.75 Å². The molecule has 106 valence electrons. The second kappa shape index (κ2) is 5.25. The summed E-state index contributed by atoms with van der Waals surface area (Å²) in [6.07, 6.45) is 1.72. The monoisotopic (exact) mass is 273 g/mol. The van der Waals surface area contributed by atoms with Gasteiger partial charge in [-0.3, -0.25) is 0 Å². The van der Waals surface area contributed by atoms with Crippen LogP contribution in [0.25, 0.3) is 0 Å². The summed E-state index contributed by atoms with van der Waals surface area (Å²) in [5, 5.41) is 7.44. The van der Waals surface area contributed by atoms with Crippen LogP contribution in [-0.4, -0.2) is 30.3 Å². The van der Waals surface area contributed by atoms with Crippen LogP contribution in [0, 0.1) is 0 Å². The van der Waals surface area contributed by atoms with Crippen LogP contribution >= 0.6 is 0 Å². The number of methoxy groups -OCH3 is 1. The van der Waals surface area contributed by atoms with Crippen molar-refractivity contribution in [3.63, 3.8) is 0 Å². The van der Waals surface area contributed by atoms with Crippen molar-refractivity contribution in [1.29, 1.82) is 0 Å². The van der Waals surface area contributed by atoms with Crippen LogP contribution in [0.4, 0.5) is 0 Å². The highest BCUT2D eigenvalue weighted by atomic mass is 16.5. The lowest BCUT2D eigenvalue weighted by molar-refractivity contribution is 0.304. The van der Waals surface area contributed by atoms with Gasteiger partial charge in [0.05, 0.1) is 12.5 Å². The standard InChI is InChI=1S/C15H19N3O2/c1-15(7-8-16-10-15)14-17-13(18-20-14)9-11-3-5-12(19-2)6-4-11/h3-6,16H,7-10H2,1-2H3. The van der Waals surface area contributed by atoms with Crippen molar-refractivity contribution in [3.05, 3.63) is 41.5 Å². The van der Waals surface area contributed by atoms with E-state index in [9.17, 15) is 0 Å². The lowest BCUT2D eigenvalue weighted by Crippen LogP contribution is -2.25. The van der Waals surface area contributed by atoms with Crippen molar-refractivity contribution in [2.45, 2.75) is 25.2 Å². The van der Waals surface area contributed by atoms with Gasteiger partial charge in [0, 0.05) is 13.0 Å². The van der Waals surface area contributed by atoms with Gasteiger partial charge in [0.2, 0.25) is 5.89 Å². The van der Waals surface area contributed by atoms with E-state index < -0.39 is 0 Å². The van der Waals surface area contributed by atoms with Gasteiger partial charge in [0.15, 0.2) is 5.82 Å². The van der Waals surface area contributed by atoms with E-state index in [2.05, 4.69) is 22.4 Å². The van der Waals surface area contributed by atoms with Gasteiger partial charge in [0.1, 0.15) is 5.75 Å². The molecule has 1 aliphatic heterocycles. The van der Waals surface area contributed by atoms with Crippen molar-refractivity contribution < 1.29 is 9.26 Å². The fraction of sp³-hybridized carbons (Fsp3) is 0.467. The molecule has 0 saturated carbocycles. The second-order valence-corrected chi connectivity index (χ2v) is 5.53. The zero-order valence-corrected chi connectivity index (χ0v) is 11.8. The van der Waals surface area contributed by atoms with E-state index in [1.54, 1.807) is 7.11 Å². The number of hydrogen-bond acceptors (Lipinski definition) is 5. The van der Waals surface area contributed by atoms with Crippen LogP contribution in [0.15, 0.2) is 28.8 Å². The highest BCUT2D eigenvalue weighted by molar-refractivity contribution is 5.28. The van der Waals surface area contributed by atoms with Gasteiger partial charge in [0.25, 0.3) is 0 Å². The molecule has 1 atom stereocenters. The van der Waals surface area contributed by atoms with Crippen LogP contribution in [0.2, 0.25) is 0 Å². The average molecular weight is 273 g/mol. The SMILES string of the molecule is COc1ccc(Cc2noc(C3(C)CCNC3)n2)cc1. The molecule has 0 bridgehead atoms. The molecular formula is C15H19N3O2. The number of hydrogen-bond donors (Lipinski definition) is 1. The van der Waals surface area contributed by atoms with E-state index >= 15 is 0 Å². The summed E-state index contributed by atoms with van der Waals surface area (Å²) in [6, 6.07) is 7.93. The van der Waals surface area contributed by atoms with Crippen molar-refractivity contribution >= 4 is 0 Å². The van der Waals surface area contributed by atoms with E-state index in [1.165, 1.54) is 0 Å². The second-order valence-electron chi connectivity index (χ2n) is 5.53. The molecule has 1 aromatic heterocycles. The third kappa shape index (κ3) is 2.54. The van der Waals surface area contributed by atoms with E-state index in [4.69, 9.17) is 9.26 Å². The summed E-state index contributed by atoms with van der Waals surface area (Å²) in [5.41, 5.74) is 1.12. The Labute approximate surface area is 118 Å². The normalized spacial score (nSPS) is 22.1. The molecule has 1 unspecified atom stereocenters. The first-order valence-electron chi connectivity index (χ1n) is 6.86. The van der Waals surface area contributed by atoms with Crippen LogP contribution in [0.3, 0.4) is 0 Å². The molecule has 5 nitrogen and oxygen atoms in total. The molecule has 0 aliphatic carbocycles. The van der Waals surface area contributed by atoms with Gasteiger partial charge in [-0.2, -0.15) is 4.98 Å². The quantitative estimate of drug-likeness (QED) is 0.922. The highest BCUT2D eigenvalue weighted by Crippen LogP contribution is 2.28. The zero-order valence-electron chi connectivity index (χ0n) is 11.8.